The minimum atomic E-state index is -0.255. The normalized spacial score (nSPS) is 10.3. The molecule has 0 aliphatic carbocycles. The van der Waals surface area contributed by atoms with Crippen molar-refractivity contribution in [1.29, 1.82) is 0 Å². The van der Waals surface area contributed by atoms with E-state index in [2.05, 4.69) is 10.6 Å². The highest BCUT2D eigenvalue weighted by molar-refractivity contribution is 8.00. The molecular weight excluding hydrogens is 436 g/mol. The lowest BCUT2D eigenvalue weighted by molar-refractivity contribution is -0.113. The number of carbonyl (C=O) groups excluding carboxylic acids is 2. The van der Waals surface area contributed by atoms with Gasteiger partial charge in [0.15, 0.2) is 0 Å². The zero-order valence-electron chi connectivity index (χ0n) is 17.0. The molecular formula is C23H21ClN2O4S. The lowest BCUT2D eigenvalue weighted by atomic mass is 10.2. The third-order valence-corrected chi connectivity index (χ3v) is 5.41. The van der Waals surface area contributed by atoms with Gasteiger partial charge < -0.3 is 20.1 Å². The molecule has 3 aromatic rings. The van der Waals surface area contributed by atoms with Crippen LogP contribution in [0.2, 0.25) is 5.02 Å². The average Bonchev–Trinajstić information content (AvgIpc) is 2.77. The summed E-state index contributed by atoms with van der Waals surface area (Å²) in [6.45, 7) is 0. The second kappa shape index (κ2) is 10.7. The number of methoxy groups -OCH3 is 2. The number of halogens is 1. The van der Waals surface area contributed by atoms with Crippen LogP contribution in [0.1, 0.15) is 10.4 Å². The lowest BCUT2D eigenvalue weighted by Gasteiger charge is -2.10. The van der Waals surface area contributed by atoms with Gasteiger partial charge in [-0.05, 0) is 36.4 Å². The maximum Gasteiger partial charge on any atom is 0.255 e. The quantitative estimate of drug-likeness (QED) is 0.447. The first kappa shape index (κ1) is 22.5. The predicted octanol–water partition coefficient (Wildman–Crippen LogP) is 5.34. The van der Waals surface area contributed by atoms with Crippen LogP contribution in [0.5, 0.6) is 11.5 Å². The molecule has 2 N–H and O–H groups in total. The van der Waals surface area contributed by atoms with Crippen molar-refractivity contribution in [2.45, 2.75) is 4.90 Å². The van der Waals surface area contributed by atoms with Gasteiger partial charge in [-0.25, -0.2) is 0 Å². The summed E-state index contributed by atoms with van der Waals surface area (Å²) in [7, 11) is 3.10. The van der Waals surface area contributed by atoms with Gasteiger partial charge >= 0.3 is 0 Å². The molecule has 0 atom stereocenters. The van der Waals surface area contributed by atoms with Crippen molar-refractivity contribution in [3.05, 3.63) is 77.3 Å². The van der Waals surface area contributed by atoms with E-state index in [0.717, 1.165) is 4.90 Å². The van der Waals surface area contributed by atoms with E-state index in [-0.39, 0.29) is 17.6 Å². The standard InChI is InChI=1S/C23H21ClN2O4S/c1-29-19-10-18(11-20(13-19)30-2)25-22(27)14-31-21-8-4-7-17(12-21)26-23(28)15-5-3-6-16(24)9-15/h3-13H,14H2,1-2H3,(H,25,27)(H,26,28). The Kier molecular flexibility index (Phi) is 7.81. The second-order valence-corrected chi connectivity index (χ2v) is 7.92. The first-order chi connectivity index (χ1) is 15.0. The van der Waals surface area contributed by atoms with Gasteiger partial charge in [0, 0.05) is 45.1 Å². The number of nitrogens with one attached hydrogen (secondary N) is 2. The van der Waals surface area contributed by atoms with Crippen molar-refractivity contribution < 1.29 is 19.1 Å². The Morgan fingerprint density at radius 3 is 2.26 bits per heavy atom. The van der Waals surface area contributed by atoms with Crippen molar-refractivity contribution in [3.63, 3.8) is 0 Å². The van der Waals surface area contributed by atoms with E-state index in [4.69, 9.17) is 21.1 Å². The molecule has 0 aliphatic heterocycles. The molecule has 0 bridgehead atoms. The molecule has 0 fully saturated rings. The molecule has 160 valence electrons. The van der Waals surface area contributed by atoms with Gasteiger partial charge in [-0.1, -0.05) is 23.7 Å². The fourth-order valence-corrected chi connectivity index (χ4v) is 3.67. The molecule has 6 nitrogen and oxygen atoms in total. The fraction of sp³-hybridized carbons (Fsp3) is 0.130. The van der Waals surface area contributed by atoms with E-state index in [9.17, 15) is 9.59 Å². The van der Waals surface area contributed by atoms with Crippen LogP contribution in [0.4, 0.5) is 11.4 Å². The number of amides is 2. The summed E-state index contributed by atoms with van der Waals surface area (Å²) < 4.78 is 10.4. The maximum absolute atomic E-state index is 12.4. The van der Waals surface area contributed by atoms with Gasteiger partial charge in [0.1, 0.15) is 11.5 Å². The topological polar surface area (TPSA) is 76.7 Å². The highest BCUT2D eigenvalue weighted by atomic mass is 35.5. The van der Waals surface area contributed by atoms with Crippen molar-refractivity contribution in [3.8, 4) is 11.5 Å². The molecule has 0 spiro atoms. The molecule has 0 unspecified atom stereocenters. The SMILES string of the molecule is COc1cc(NC(=O)CSc2cccc(NC(=O)c3cccc(Cl)c3)c2)cc(OC)c1. The van der Waals surface area contributed by atoms with Crippen molar-refractivity contribution in [2.75, 3.05) is 30.6 Å². The third-order valence-electron chi connectivity index (χ3n) is 4.18. The number of carbonyl (C=O) groups is 2. The van der Waals surface area contributed by atoms with Crippen LogP contribution in [-0.4, -0.2) is 31.8 Å². The smallest absolute Gasteiger partial charge is 0.255 e. The molecule has 0 saturated carbocycles. The zero-order valence-corrected chi connectivity index (χ0v) is 18.5. The third kappa shape index (κ3) is 6.67. The summed E-state index contributed by atoms with van der Waals surface area (Å²) in [5, 5.41) is 6.17. The summed E-state index contributed by atoms with van der Waals surface area (Å²) in [6.07, 6.45) is 0. The van der Waals surface area contributed by atoms with E-state index in [1.54, 1.807) is 62.8 Å². The number of hydrogen-bond donors (Lipinski definition) is 2. The van der Waals surface area contributed by atoms with Crippen molar-refractivity contribution in [1.82, 2.24) is 0 Å². The van der Waals surface area contributed by atoms with Gasteiger partial charge in [-0.2, -0.15) is 0 Å². The molecule has 2 amide bonds. The van der Waals surface area contributed by atoms with Gasteiger partial charge in [0.05, 0.1) is 20.0 Å². The minimum absolute atomic E-state index is 0.173. The summed E-state index contributed by atoms with van der Waals surface area (Å²) in [6, 6.07) is 19.2. The molecule has 0 aromatic heterocycles. The molecule has 0 aliphatic rings. The van der Waals surface area contributed by atoms with Crippen LogP contribution in [0.25, 0.3) is 0 Å². The number of ether oxygens (including phenoxy) is 2. The molecule has 0 heterocycles. The average molecular weight is 457 g/mol. The Bertz CT molecular complexity index is 1070. The highest BCUT2D eigenvalue weighted by Gasteiger charge is 2.09. The summed E-state index contributed by atoms with van der Waals surface area (Å²) in [5.74, 6) is 0.949. The molecule has 31 heavy (non-hydrogen) atoms. The van der Waals surface area contributed by atoms with E-state index >= 15 is 0 Å². The summed E-state index contributed by atoms with van der Waals surface area (Å²) in [4.78, 5) is 25.6. The van der Waals surface area contributed by atoms with Crippen molar-refractivity contribution in [2.24, 2.45) is 0 Å². The van der Waals surface area contributed by atoms with Crippen LogP contribution < -0.4 is 20.1 Å². The minimum Gasteiger partial charge on any atom is -0.497 e. The molecule has 3 aromatic carbocycles. The number of anilines is 2. The number of thioether (sulfide) groups is 1. The maximum atomic E-state index is 12.4. The largest absolute Gasteiger partial charge is 0.497 e. The Labute approximate surface area is 189 Å². The van der Waals surface area contributed by atoms with Gasteiger partial charge in [0.2, 0.25) is 5.91 Å². The molecule has 0 radical (unpaired) electrons. The molecule has 3 rings (SSSR count). The number of hydrogen-bond acceptors (Lipinski definition) is 5. The van der Waals surface area contributed by atoms with E-state index in [1.165, 1.54) is 11.8 Å². The first-order valence-electron chi connectivity index (χ1n) is 9.29. The number of rotatable bonds is 8. The van der Waals surface area contributed by atoms with Crippen LogP contribution in [0.3, 0.4) is 0 Å². The van der Waals surface area contributed by atoms with Crippen molar-refractivity contribution >= 4 is 46.6 Å². The fourth-order valence-electron chi connectivity index (χ4n) is 2.72. The lowest BCUT2D eigenvalue weighted by Crippen LogP contribution is -2.14. The second-order valence-electron chi connectivity index (χ2n) is 6.43. The predicted molar refractivity (Wildman–Crippen MR) is 125 cm³/mol. The Morgan fingerprint density at radius 2 is 1.58 bits per heavy atom. The monoisotopic (exact) mass is 456 g/mol. The van der Waals surface area contributed by atoms with Crippen LogP contribution in [0.15, 0.2) is 71.6 Å². The zero-order chi connectivity index (χ0) is 22.2. The van der Waals surface area contributed by atoms with Crippen LogP contribution in [0, 0.1) is 0 Å². The Hall–Kier alpha value is -3.16. The Balaban J connectivity index is 1.58. The summed E-state index contributed by atoms with van der Waals surface area (Å²) in [5.41, 5.74) is 1.69. The van der Waals surface area contributed by atoms with Gasteiger partial charge in [-0.15, -0.1) is 11.8 Å². The van der Waals surface area contributed by atoms with Gasteiger partial charge in [-0.3, -0.25) is 9.59 Å². The first-order valence-corrected chi connectivity index (χ1v) is 10.7. The number of benzene rings is 3. The van der Waals surface area contributed by atoms with E-state index in [0.29, 0.717) is 33.5 Å². The molecule has 8 heteroatoms. The van der Waals surface area contributed by atoms with E-state index < -0.39 is 0 Å². The summed E-state index contributed by atoms with van der Waals surface area (Å²) >= 11 is 7.30. The van der Waals surface area contributed by atoms with Crippen LogP contribution in [-0.2, 0) is 4.79 Å². The van der Waals surface area contributed by atoms with Crippen LogP contribution >= 0.6 is 23.4 Å². The van der Waals surface area contributed by atoms with Gasteiger partial charge in [0.25, 0.3) is 5.91 Å². The Morgan fingerprint density at radius 1 is 0.871 bits per heavy atom. The van der Waals surface area contributed by atoms with E-state index in [1.807, 2.05) is 18.2 Å². The highest BCUT2D eigenvalue weighted by Crippen LogP contribution is 2.27. The molecule has 0 saturated heterocycles.